The van der Waals surface area contributed by atoms with Gasteiger partial charge in [-0.3, -0.25) is 4.57 Å². The van der Waals surface area contributed by atoms with E-state index in [1.165, 1.54) is 16.7 Å². The summed E-state index contributed by atoms with van der Waals surface area (Å²) in [6.07, 6.45) is 3.85. The van der Waals surface area contributed by atoms with Crippen LogP contribution in [0.25, 0.3) is 39.6 Å². The molecular formula is C25H21N3O. The van der Waals surface area contributed by atoms with Crippen molar-refractivity contribution >= 4 is 11.1 Å². The SMILES string of the molecule is Cc1cc(C)c(-n2ccnc2-c2cccc3oc(-c4ccccc4)nc23)c(C)c1. The number of para-hydroxylation sites is 1. The maximum atomic E-state index is 6.05. The first kappa shape index (κ1) is 17.4. The van der Waals surface area contributed by atoms with Crippen LogP contribution in [0.4, 0.5) is 0 Å². The number of aryl methyl sites for hydroxylation is 3. The largest absolute Gasteiger partial charge is 0.436 e. The third kappa shape index (κ3) is 2.93. The summed E-state index contributed by atoms with van der Waals surface area (Å²) in [5.74, 6) is 1.48. The topological polar surface area (TPSA) is 43.9 Å². The molecule has 0 unspecified atom stereocenters. The highest BCUT2D eigenvalue weighted by molar-refractivity contribution is 5.90. The number of benzene rings is 3. The van der Waals surface area contributed by atoms with Gasteiger partial charge in [-0.25, -0.2) is 9.97 Å². The maximum absolute atomic E-state index is 6.05. The molecule has 0 fully saturated rings. The molecule has 3 aromatic carbocycles. The average molecular weight is 379 g/mol. The van der Waals surface area contributed by atoms with Crippen molar-refractivity contribution in [1.82, 2.24) is 14.5 Å². The second-order valence-corrected chi connectivity index (χ2v) is 7.41. The molecular weight excluding hydrogens is 358 g/mol. The monoisotopic (exact) mass is 379 g/mol. The minimum absolute atomic E-state index is 0.619. The summed E-state index contributed by atoms with van der Waals surface area (Å²) in [7, 11) is 0. The highest BCUT2D eigenvalue weighted by Gasteiger charge is 2.18. The minimum Gasteiger partial charge on any atom is -0.436 e. The Hall–Kier alpha value is -3.66. The molecule has 0 spiro atoms. The number of hydrogen-bond acceptors (Lipinski definition) is 3. The Morgan fingerprint density at radius 2 is 1.62 bits per heavy atom. The van der Waals surface area contributed by atoms with Gasteiger partial charge in [0.15, 0.2) is 5.58 Å². The van der Waals surface area contributed by atoms with Crippen LogP contribution in [0.5, 0.6) is 0 Å². The van der Waals surface area contributed by atoms with Crippen molar-refractivity contribution < 1.29 is 4.42 Å². The van der Waals surface area contributed by atoms with Crippen LogP contribution >= 0.6 is 0 Å². The molecule has 4 nitrogen and oxygen atoms in total. The van der Waals surface area contributed by atoms with Gasteiger partial charge in [0, 0.05) is 23.5 Å². The van der Waals surface area contributed by atoms with Gasteiger partial charge in [-0.2, -0.15) is 0 Å². The molecule has 2 aromatic heterocycles. The zero-order chi connectivity index (χ0) is 20.0. The second-order valence-electron chi connectivity index (χ2n) is 7.41. The lowest BCUT2D eigenvalue weighted by Gasteiger charge is -2.15. The quantitative estimate of drug-likeness (QED) is 0.371. The number of imidazole rings is 1. The summed E-state index contributed by atoms with van der Waals surface area (Å²) in [5, 5.41) is 0. The van der Waals surface area contributed by atoms with Gasteiger partial charge >= 0.3 is 0 Å². The molecule has 4 heteroatoms. The van der Waals surface area contributed by atoms with Crippen LogP contribution in [-0.4, -0.2) is 14.5 Å². The summed E-state index contributed by atoms with van der Waals surface area (Å²) in [4.78, 5) is 9.49. The van der Waals surface area contributed by atoms with E-state index < -0.39 is 0 Å². The highest BCUT2D eigenvalue weighted by atomic mass is 16.3. The number of fused-ring (bicyclic) bond motifs is 1. The molecule has 5 rings (SSSR count). The van der Waals surface area contributed by atoms with Gasteiger partial charge in [-0.1, -0.05) is 42.0 Å². The molecule has 5 aromatic rings. The predicted octanol–water partition coefficient (Wildman–Crippen LogP) is 6.27. The Morgan fingerprint density at radius 3 is 2.38 bits per heavy atom. The van der Waals surface area contributed by atoms with Gasteiger partial charge in [-0.05, 0) is 56.2 Å². The zero-order valence-corrected chi connectivity index (χ0v) is 16.7. The zero-order valence-electron chi connectivity index (χ0n) is 16.7. The fourth-order valence-electron chi connectivity index (χ4n) is 4.07. The Kier molecular flexibility index (Phi) is 4.06. The van der Waals surface area contributed by atoms with Gasteiger partial charge in [0.1, 0.15) is 11.3 Å². The van der Waals surface area contributed by atoms with Gasteiger partial charge in [-0.15, -0.1) is 0 Å². The lowest BCUT2D eigenvalue weighted by molar-refractivity contribution is 0.620. The van der Waals surface area contributed by atoms with Crippen molar-refractivity contribution in [3.05, 3.63) is 89.7 Å². The van der Waals surface area contributed by atoms with E-state index in [-0.39, 0.29) is 0 Å². The second kappa shape index (κ2) is 6.74. The molecule has 0 aliphatic rings. The van der Waals surface area contributed by atoms with E-state index in [2.05, 4.69) is 48.5 Å². The Balaban J connectivity index is 1.71. The van der Waals surface area contributed by atoms with Crippen LogP contribution in [0.2, 0.25) is 0 Å². The molecule has 0 aliphatic heterocycles. The fourth-order valence-corrected chi connectivity index (χ4v) is 4.07. The third-order valence-electron chi connectivity index (χ3n) is 5.20. The first-order valence-corrected chi connectivity index (χ1v) is 9.69. The molecule has 0 bridgehead atoms. The molecule has 0 N–H and O–H groups in total. The van der Waals surface area contributed by atoms with Crippen molar-refractivity contribution in [2.24, 2.45) is 0 Å². The molecule has 0 aliphatic carbocycles. The van der Waals surface area contributed by atoms with Crippen LogP contribution in [0.3, 0.4) is 0 Å². The molecule has 142 valence electrons. The molecule has 0 atom stereocenters. The number of rotatable bonds is 3. The minimum atomic E-state index is 0.619. The first-order valence-electron chi connectivity index (χ1n) is 9.69. The van der Waals surface area contributed by atoms with Crippen molar-refractivity contribution in [3.8, 4) is 28.5 Å². The van der Waals surface area contributed by atoms with Crippen LogP contribution in [0.15, 0.2) is 77.5 Å². The summed E-state index contributed by atoms with van der Waals surface area (Å²) >= 11 is 0. The molecule has 2 heterocycles. The molecule has 0 saturated carbocycles. The average Bonchev–Trinajstić information content (AvgIpc) is 3.35. The van der Waals surface area contributed by atoms with E-state index in [0.29, 0.717) is 5.89 Å². The number of oxazole rings is 1. The molecule has 0 radical (unpaired) electrons. The fraction of sp³-hybridized carbons (Fsp3) is 0.120. The molecule has 0 amide bonds. The number of hydrogen-bond donors (Lipinski definition) is 0. The van der Waals surface area contributed by atoms with E-state index in [9.17, 15) is 0 Å². The van der Waals surface area contributed by atoms with E-state index in [4.69, 9.17) is 9.40 Å². The lowest BCUT2D eigenvalue weighted by atomic mass is 10.0. The predicted molar refractivity (Wildman–Crippen MR) is 116 cm³/mol. The van der Waals surface area contributed by atoms with Crippen molar-refractivity contribution in [2.45, 2.75) is 20.8 Å². The highest BCUT2D eigenvalue weighted by Crippen LogP contribution is 2.33. The summed E-state index contributed by atoms with van der Waals surface area (Å²) in [6, 6.07) is 20.4. The number of aromatic nitrogens is 3. The van der Waals surface area contributed by atoms with Gasteiger partial charge in [0.2, 0.25) is 5.89 Å². The third-order valence-corrected chi connectivity index (χ3v) is 5.20. The van der Waals surface area contributed by atoms with E-state index in [1.807, 2.05) is 54.9 Å². The maximum Gasteiger partial charge on any atom is 0.227 e. The van der Waals surface area contributed by atoms with Gasteiger partial charge < -0.3 is 4.42 Å². The standard InChI is InChI=1S/C25H21N3O/c1-16-14-17(2)23(18(3)15-16)28-13-12-26-24(28)20-10-7-11-21-22(20)27-25(29-21)19-8-5-4-6-9-19/h4-15H,1-3H3. The smallest absolute Gasteiger partial charge is 0.227 e. The Bertz CT molecular complexity index is 1310. The molecule has 29 heavy (non-hydrogen) atoms. The van der Waals surface area contributed by atoms with E-state index >= 15 is 0 Å². The lowest BCUT2D eigenvalue weighted by Crippen LogP contribution is -2.02. The van der Waals surface area contributed by atoms with Gasteiger partial charge in [0.25, 0.3) is 0 Å². The van der Waals surface area contributed by atoms with Crippen LogP contribution in [0.1, 0.15) is 16.7 Å². The van der Waals surface area contributed by atoms with Gasteiger partial charge in [0.05, 0.1) is 5.69 Å². The van der Waals surface area contributed by atoms with Crippen molar-refractivity contribution in [3.63, 3.8) is 0 Å². The Labute approximate surface area is 169 Å². The van der Waals surface area contributed by atoms with E-state index in [1.54, 1.807) is 0 Å². The van der Waals surface area contributed by atoms with Crippen molar-refractivity contribution in [2.75, 3.05) is 0 Å². The van der Waals surface area contributed by atoms with Crippen LogP contribution in [-0.2, 0) is 0 Å². The normalized spacial score (nSPS) is 11.3. The van der Waals surface area contributed by atoms with Crippen molar-refractivity contribution in [1.29, 1.82) is 0 Å². The molecule has 0 saturated heterocycles. The summed E-state index contributed by atoms with van der Waals surface area (Å²) in [5.41, 5.74) is 8.36. The summed E-state index contributed by atoms with van der Waals surface area (Å²) < 4.78 is 8.20. The van der Waals surface area contributed by atoms with Crippen LogP contribution in [0, 0.1) is 20.8 Å². The van der Waals surface area contributed by atoms with E-state index in [0.717, 1.165) is 33.7 Å². The first-order chi connectivity index (χ1) is 14.1. The number of nitrogens with zero attached hydrogens (tertiary/aromatic N) is 3. The Morgan fingerprint density at radius 1 is 0.862 bits per heavy atom. The van der Waals surface area contributed by atoms with Crippen LogP contribution < -0.4 is 0 Å². The summed E-state index contributed by atoms with van der Waals surface area (Å²) in [6.45, 7) is 6.41.